The molecule has 0 radical (unpaired) electrons. The summed E-state index contributed by atoms with van der Waals surface area (Å²) in [6.45, 7) is 4.57. The van der Waals surface area contributed by atoms with Gasteiger partial charge in [0.15, 0.2) is 0 Å². The molecule has 0 bridgehead atoms. The quantitative estimate of drug-likeness (QED) is 0.640. The van der Waals surface area contributed by atoms with Gasteiger partial charge < -0.3 is 19.5 Å². The summed E-state index contributed by atoms with van der Waals surface area (Å²) in [4.78, 5) is 10.8. The van der Waals surface area contributed by atoms with E-state index >= 15 is 0 Å². The Hall–Kier alpha value is -0.810. The Morgan fingerprint density at radius 1 is 1.62 bits per heavy atom. The number of ether oxygens (including phenoxy) is 3. The Morgan fingerprint density at radius 2 is 2.46 bits per heavy atom. The van der Waals surface area contributed by atoms with Crippen LogP contribution in [-0.2, 0) is 14.2 Å². The molecule has 1 saturated heterocycles. The van der Waals surface area contributed by atoms with Gasteiger partial charge in [0.25, 0.3) is 0 Å². The summed E-state index contributed by atoms with van der Waals surface area (Å²) >= 11 is 0. The first kappa shape index (κ1) is 10.3. The van der Waals surface area contributed by atoms with Gasteiger partial charge in [-0.25, -0.2) is 4.79 Å². The van der Waals surface area contributed by atoms with Gasteiger partial charge in [0.1, 0.15) is 12.7 Å². The minimum atomic E-state index is -0.628. The van der Waals surface area contributed by atoms with E-state index < -0.39 is 6.16 Å². The van der Waals surface area contributed by atoms with Crippen LogP contribution in [0.3, 0.4) is 0 Å². The number of hydrogen-bond donors (Lipinski definition) is 1. The van der Waals surface area contributed by atoms with E-state index in [0.717, 1.165) is 13.1 Å². The van der Waals surface area contributed by atoms with Crippen molar-refractivity contribution in [2.75, 3.05) is 32.9 Å². The van der Waals surface area contributed by atoms with Gasteiger partial charge >= 0.3 is 6.16 Å². The summed E-state index contributed by atoms with van der Waals surface area (Å²) in [5, 5.41) is 3.13. The molecule has 1 unspecified atom stereocenters. The van der Waals surface area contributed by atoms with Crippen molar-refractivity contribution in [2.24, 2.45) is 0 Å². The molecule has 1 fully saturated rings. The van der Waals surface area contributed by atoms with Gasteiger partial charge in [-0.2, -0.15) is 0 Å². The van der Waals surface area contributed by atoms with Gasteiger partial charge in [-0.05, 0) is 6.92 Å². The molecule has 0 aromatic heterocycles. The molecule has 1 aliphatic heterocycles. The third-order valence-corrected chi connectivity index (χ3v) is 1.65. The van der Waals surface area contributed by atoms with Crippen LogP contribution in [0.25, 0.3) is 0 Å². The van der Waals surface area contributed by atoms with E-state index in [2.05, 4.69) is 10.1 Å². The van der Waals surface area contributed by atoms with Crippen LogP contribution in [-0.4, -0.2) is 45.2 Å². The van der Waals surface area contributed by atoms with Gasteiger partial charge in [-0.15, -0.1) is 0 Å². The Kier molecular flexibility index (Phi) is 4.56. The molecule has 0 aromatic rings. The van der Waals surface area contributed by atoms with Crippen LogP contribution >= 0.6 is 0 Å². The highest BCUT2D eigenvalue weighted by atomic mass is 16.7. The molecule has 5 heteroatoms. The molecule has 0 spiro atoms. The first-order valence-corrected chi connectivity index (χ1v) is 4.44. The van der Waals surface area contributed by atoms with Crippen LogP contribution in [0.5, 0.6) is 0 Å². The molecular formula is C8H15NO4. The largest absolute Gasteiger partial charge is 0.508 e. The predicted octanol–water partition coefficient (Wildman–Crippen LogP) is 0.148. The first-order chi connectivity index (χ1) is 6.33. The van der Waals surface area contributed by atoms with Crippen molar-refractivity contribution in [3.8, 4) is 0 Å². The number of carbonyl (C=O) groups is 1. The van der Waals surface area contributed by atoms with E-state index in [1.54, 1.807) is 6.92 Å². The van der Waals surface area contributed by atoms with Gasteiger partial charge in [-0.3, -0.25) is 0 Å². The van der Waals surface area contributed by atoms with Crippen LogP contribution in [0.1, 0.15) is 6.92 Å². The maximum Gasteiger partial charge on any atom is 0.508 e. The topological polar surface area (TPSA) is 56.8 Å². The lowest BCUT2D eigenvalue weighted by Crippen LogP contribution is -2.41. The van der Waals surface area contributed by atoms with Crippen molar-refractivity contribution in [3.63, 3.8) is 0 Å². The van der Waals surface area contributed by atoms with Crippen LogP contribution in [0.15, 0.2) is 0 Å². The smallest absolute Gasteiger partial charge is 0.435 e. The van der Waals surface area contributed by atoms with Crippen LogP contribution < -0.4 is 5.32 Å². The standard InChI is InChI=1S/C8H15NO4/c1-2-11-8(10)13-6-7-5-9-3-4-12-7/h7,9H,2-6H2,1H3. The molecule has 0 aliphatic carbocycles. The van der Waals surface area contributed by atoms with Crippen molar-refractivity contribution in [1.82, 2.24) is 5.32 Å². The minimum Gasteiger partial charge on any atom is -0.435 e. The Morgan fingerprint density at radius 3 is 3.08 bits per heavy atom. The zero-order chi connectivity index (χ0) is 9.52. The normalized spacial score (nSPS) is 22.4. The molecule has 76 valence electrons. The maximum atomic E-state index is 10.8. The summed E-state index contributed by atoms with van der Waals surface area (Å²) < 4.78 is 14.7. The lowest BCUT2D eigenvalue weighted by molar-refractivity contribution is -0.0282. The molecule has 0 aromatic carbocycles. The van der Waals surface area contributed by atoms with Gasteiger partial charge in [0.05, 0.1) is 13.2 Å². The van der Waals surface area contributed by atoms with Crippen molar-refractivity contribution in [2.45, 2.75) is 13.0 Å². The fraction of sp³-hybridized carbons (Fsp3) is 0.875. The zero-order valence-electron chi connectivity index (χ0n) is 7.75. The maximum absolute atomic E-state index is 10.8. The van der Waals surface area contributed by atoms with E-state index in [9.17, 15) is 4.79 Å². The summed E-state index contributed by atoms with van der Waals surface area (Å²) in [5.41, 5.74) is 0. The first-order valence-electron chi connectivity index (χ1n) is 4.44. The number of rotatable bonds is 3. The summed E-state index contributed by atoms with van der Waals surface area (Å²) in [5.74, 6) is 0. The molecule has 1 atom stereocenters. The summed E-state index contributed by atoms with van der Waals surface area (Å²) in [7, 11) is 0. The van der Waals surface area contributed by atoms with E-state index in [4.69, 9.17) is 9.47 Å². The highest BCUT2D eigenvalue weighted by molar-refractivity contribution is 5.59. The zero-order valence-corrected chi connectivity index (χ0v) is 7.75. The second kappa shape index (κ2) is 5.77. The van der Waals surface area contributed by atoms with Crippen molar-refractivity contribution >= 4 is 6.16 Å². The van der Waals surface area contributed by atoms with E-state index in [1.165, 1.54) is 0 Å². The highest BCUT2D eigenvalue weighted by Crippen LogP contribution is 1.97. The van der Waals surface area contributed by atoms with E-state index in [0.29, 0.717) is 13.2 Å². The predicted molar refractivity (Wildman–Crippen MR) is 45.6 cm³/mol. The van der Waals surface area contributed by atoms with Crippen LogP contribution in [0.2, 0.25) is 0 Å². The molecule has 1 rings (SSSR count). The number of hydrogen-bond acceptors (Lipinski definition) is 5. The molecule has 0 amide bonds. The summed E-state index contributed by atoms with van der Waals surface area (Å²) in [6, 6.07) is 0. The number of nitrogens with one attached hydrogen (secondary N) is 1. The fourth-order valence-electron chi connectivity index (χ4n) is 1.05. The van der Waals surface area contributed by atoms with Crippen molar-refractivity contribution < 1.29 is 19.0 Å². The molecule has 5 nitrogen and oxygen atoms in total. The number of morpholine rings is 1. The second-order valence-corrected chi connectivity index (χ2v) is 2.69. The fourth-order valence-corrected chi connectivity index (χ4v) is 1.05. The van der Waals surface area contributed by atoms with Gasteiger partial charge in [0.2, 0.25) is 0 Å². The van der Waals surface area contributed by atoms with Gasteiger partial charge in [-0.1, -0.05) is 0 Å². The Balaban J connectivity index is 2.06. The average Bonchev–Trinajstić information content (AvgIpc) is 2.17. The SMILES string of the molecule is CCOC(=O)OCC1CNCCO1. The molecule has 0 saturated carbocycles. The van der Waals surface area contributed by atoms with Crippen LogP contribution in [0.4, 0.5) is 4.79 Å². The lowest BCUT2D eigenvalue weighted by Gasteiger charge is -2.22. The monoisotopic (exact) mass is 189 g/mol. The Labute approximate surface area is 77.3 Å². The minimum absolute atomic E-state index is 0.0434. The molecular weight excluding hydrogens is 174 g/mol. The van der Waals surface area contributed by atoms with Crippen LogP contribution in [0, 0.1) is 0 Å². The molecule has 1 heterocycles. The molecule has 1 N–H and O–H groups in total. The Bertz CT molecular complexity index is 156. The lowest BCUT2D eigenvalue weighted by atomic mass is 10.3. The van der Waals surface area contributed by atoms with Crippen molar-refractivity contribution in [3.05, 3.63) is 0 Å². The third-order valence-electron chi connectivity index (χ3n) is 1.65. The van der Waals surface area contributed by atoms with Crippen molar-refractivity contribution in [1.29, 1.82) is 0 Å². The summed E-state index contributed by atoms with van der Waals surface area (Å²) in [6.07, 6.45) is -0.671. The molecule has 13 heavy (non-hydrogen) atoms. The second-order valence-electron chi connectivity index (χ2n) is 2.69. The van der Waals surface area contributed by atoms with Gasteiger partial charge in [0, 0.05) is 13.1 Å². The van der Waals surface area contributed by atoms with E-state index in [1.807, 2.05) is 0 Å². The van der Waals surface area contributed by atoms with E-state index in [-0.39, 0.29) is 12.7 Å². The molecule has 1 aliphatic rings. The highest BCUT2D eigenvalue weighted by Gasteiger charge is 2.15. The number of carbonyl (C=O) groups excluding carboxylic acids is 1. The third kappa shape index (κ3) is 4.10. The average molecular weight is 189 g/mol.